The molecule has 0 fully saturated rings. The number of hydrogen-bond acceptors (Lipinski definition) is 9. The molecule has 0 spiro atoms. The fraction of sp³-hybridized carbons (Fsp3) is 0.111. The van der Waals surface area contributed by atoms with Crippen LogP contribution >= 0.6 is 0 Å². The smallest absolute Gasteiger partial charge is 0.338 e. The monoisotopic (exact) mass is 497 g/mol. The summed E-state index contributed by atoms with van der Waals surface area (Å²) in [6.45, 7) is 0.00504. The molecule has 1 N–H and O–H groups in total. The fourth-order valence-electron chi connectivity index (χ4n) is 3.87. The first kappa shape index (κ1) is 22.4. The van der Waals surface area contributed by atoms with E-state index in [9.17, 15) is 9.59 Å². The molecule has 0 saturated carbocycles. The predicted molar refractivity (Wildman–Crippen MR) is 130 cm³/mol. The van der Waals surface area contributed by atoms with Gasteiger partial charge in [-0.1, -0.05) is 6.07 Å². The molecular weight excluding hydrogens is 478 g/mol. The van der Waals surface area contributed by atoms with E-state index in [2.05, 4.69) is 15.3 Å². The Hall–Kier alpha value is -5.12. The van der Waals surface area contributed by atoms with E-state index in [1.54, 1.807) is 67.1 Å². The maximum atomic E-state index is 12.6. The lowest BCUT2D eigenvalue weighted by molar-refractivity contribution is -0.124. The molecule has 0 bridgehead atoms. The second-order valence-corrected chi connectivity index (χ2v) is 8.12. The van der Waals surface area contributed by atoms with Gasteiger partial charge in [0.25, 0.3) is 5.91 Å². The van der Waals surface area contributed by atoms with Crippen LogP contribution in [0.15, 0.2) is 82.0 Å². The quantitative estimate of drug-likeness (QED) is 0.327. The molecule has 2 aromatic carbocycles. The third-order valence-corrected chi connectivity index (χ3v) is 5.67. The number of carbonyl (C=O) groups is 2. The number of hydrogen-bond donors (Lipinski definition) is 1. The highest BCUT2D eigenvalue weighted by molar-refractivity contribution is 5.95. The minimum atomic E-state index is -0.656. The summed E-state index contributed by atoms with van der Waals surface area (Å²) >= 11 is 0. The summed E-state index contributed by atoms with van der Waals surface area (Å²) in [7, 11) is 0. The highest BCUT2D eigenvalue weighted by atomic mass is 16.7. The molecule has 4 heterocycles. The zero-order valence-electron chi connectivity index (χ0n) is 19.3. The van der Waals surface area contributed by atoms with E-state index in [4.69, 9.17) is 23.0 Å². The van der Waals surface area contributed by atoms with Crippen molar-refractivity contribution in [1.29, 1.82) is 0 Å². The van der Waals surface area contributed by atoms with E-state index in [0.717, 1.165) is 5.56 Å². The molecule has 0 unspecified atom stereocenters. The Labute approximate surface area is 209 Å². The number of aromatic nitrogens is 2. The third-order valence-electron chi connectivity index (χ3n) is 5.67. The standard InChI is InChI=1S/C27H19N3O7/c31-24(28-13-16-5-8-20-23(11-16)37-15-36-20)14-35-27(32)17-6-7-18-19(12-17)30-26(22-4-2-10-34-22)25(29-18)21-3-1-9-33-21/h1-12H,13-15H2,(H,28,31). The highest BCUT2D eigenvalue weighted by Gasteiger charge is 2.19. The van der Waals surface area contributed by atoms with E-state index >= 15 is 0 Å². The summed E-state index contributed by atoms with van der Waals surface area (Å²) in [5.74, 6) is 1.25. The number of nitrogens with zero attached hydrogens (tertiary/aromatic N) is 2. The van der Waals surface area contributed by atoms with Crippen molar-refractivity contribution in [3.05, 3.63) is 84.3 Å². The van der Waals surface area contributed by atoms with E-state index in [0.29, 0.717) is 45.4 Å². The Kier molecular flexibility index (Phi) is 5.74. The first-order valence-corrected chi connectivity index (χ1v) is 11.4. The van der Waals surface area contributed by atoms with Crippen LogP contribution in [-0.4, -0.2) is 35.2 Å². The largest absolute Gasteiger partial charge is 0.463 e. The molecule has 10 nitrogen and oxygen atoms in total. The van der Waals surface area contributed by atoms with E-state index in [1.165, 1.54) is 0 Å². The first-order valence-electron chi connectivity index (χ1n) is 11.4. The summed E-state index contributed by atoms with van der Waals surface area (Å²) in [6.07, 6.45) is 3.09. The molecule has 3 aromatic heterocycles. The highest BCUT2D eigenvalue weighted by Crippen LogP contribution is 2.33. The average Bonchev–Trinajstić information content (AvgIpc) is 3.72. The van der Waals surface area contributed by atoms with Crippen LogP contribution in [0.5, 0.6) is 11.5 Å². The van der Waals surface area contributed by atoms with Crippen LogP contribution in [0.25, 0.3) is 33.9 Å². The lowest BCUT2D eigenvalue weighted by Gasteiger charge is -2.09. The lowest BCUT2D eigenvalue weighted by atomic mass is 10.1. The van der Waals surface area contributed by atoms with Gasteiger partial charge in [0.15, 0.2) is 29.6 Å². The number of ether oxygens (including phenoxy) is 3. The summed E-state index contributed by atoms with van der Waals surface area (Å²) in [6, 6.07) is 17.3. The van der Waals surface area contributed by atoms with Crippen molar-refractivity contribution in [3.8, 4) is 34.4 Å². The topological polar surface area (TPSA) is 126 Å². The van der Waals surface area contributed by atoms with Crippen molar-refractivity contribution in [2.75, 3.05) is 13.4 Å². The molecule has 1 aliphatic rings. The third kappa shape index (κ3) is 4.59. The SMILES string of the molecule is O=C(COC(=O)c1ccc2nc(-c3ccco3)c(-c3ccco3)nc2c1)NCc1ccc2c(c1)OCO2. The Balaban J connectivity index is 1.15. The number of fused-ring (bicyclic) bond motifs is 2. The van der Waals surface area contributed by atoms with Gasteiger partial charge in [0.2, 0.25) is 6.79 Å². The lowest BCUT2D eigenvalue weighted by Crippen LogP contribution is -2.28. The van der Waals surface area contributed by atoms with Crippen molar-refractivity contribution in [2.45, 2.75) is 6.54 Å². The zero-order valence-corrected chi connectivity index (χ0v) is 19.3. The van der Waals surface area contributed by atoms with Gasteiger partial charge in [-0.05, 0) is 60.2 Å². The summed E-state index contributed by atoms with van der Waals surface area (Å²) in [4.78, 5) is 34.2. The van der Waals surface area contributed by atoms with Gasteiger partial charge in [0.1, 0.15) is 11.4 Å². The molecule has 1 amide bonds. The molecule has 5 aromatic rings. The van der Waals surface area contributed by atoms with Gasteiger partial charge >= 0.3 is 5.97 Å². The van der Waals surface area contributed by atoms with Crippen LogP contribution in [0.4, 0.5) is 0 Å². The van der Waals surface area contributed by atoms with E-state index in [-0.39, 0.29) is 18.9 Å². The van der Waals surface area contributed by atoms with Gasteiger partial charge in [0.05, 0.1) is 29.1 Å². The van der Waals surface area contributed by atoms with Crippen LogP contribution in [0.3, 0.4) is 0 Å². The molecule has 0 atom stereocenters. The van der Waals surface area contributed by atoms with Crippen LogP contribution in [0.1, 0.15) is 15.9 Å². The Bertz CT molecular complexity index is 1590. The first-order chi connectivity index (χ1) is 18.1. The number of nitrogens with one attached hydrogen (secondary N) is 1. The summed E-state index contributed by atoms with van der Waals surface area (Å²) < 4.78 is 26.9. The maximum absolute atomic E-state index is 12.6. The van der Waals surface area contributed by atoms with Crippen LogP contribution < -0.4 is 14.8 Å². The average molecular weight is 497 g/mol. The number of esters is 1. The van der Waals surface area contributed by atoms with Crippen LogP contribution in [0.2, 0.25) is 0 Å². The van der Waals surface area contributed by atoms with Gasteiger partial charge in [-0.25, -0.2) is 14.8 Å². The minimum Gasteiger partial charge on any atom is -0.463 e. The van der Waals surface area contributed by atoms with Crippen molar-refractivity contribution in [3.63, 3.8) is 0 Å². The normalized spacial score (nSPS) is 12.0. The zero-order chi connectivity index (χ0) is 25.2. The molecule has 0 aliphatic carbocycles. The number of carbonyl (C=O) groups excluding carboxylic acids is 2. The molecule has 10 heteroatoms. The van der Waals surface area contributed by atoms with Crippen molar-refractivity contribution >= 4 is 22.9 Å². The Morgan fingerprint density at radius 1 is 0.838 bits per heavy atom. The van der Waals surface area contributed by atoms with Gasteiger partial charge < -0.3 is 28.4 Å². The van der Waals surface area contributed by atoms with Gasteiger partial charge in [0, 0.05) is 6.54 Å². The Morgan fingerprint density at radius 3 is 2.30 bits per heavy atom. The number of benzene rings is 2. The maximum Gasteiger partial charge on any atom is 0.338 e. The molecule has 0 saturated heterocycles. The predicted octanol–water partition coefficient (Wildman–Crippen LogP) is 4.35. The molecule has 37 heavy (non-hydrogen) atoms. The minimum absolute atomic E-state index is 0.177. The number of furan rings is 2. The summed E-state index contributed by atoms with van der Waals surface area (Å²) in [5, 5.41) is 2.72. The fourth-order valence-corrected chi connectivity index (χ4v) is 3.87. The van der Waals surface area contributed by atoms with Crippen LogP contribution in [0, 0.1) is 0 Å². The van der Waals surface area contributed by atoms with Gasteiger partial charge in [-0.2, -0.15) is 0 Å². The van der Waals surface area contributed by atoms with Crippen molar-refractivity contribution < 1.29 is 32.6 Å². The van der Waals surface area contributed by atoms with Gasteiger partial charge in [-0.15, -0.1) is 0 Å². The second-order valence-electron chi connectivity index (χ2n) is 8.12. The molecule has 0 radical (unpaired) electrons. The van der Waals surface area contributed by atoms with Gasteiger partial charge in [-0.3, -0.25) is 4.79 Å². The Morgan fingerprint density at radius 2 is 1.57 bits per heavy atom. The van der Waals surface area contributed by atoms with E-state index < -0.39 is 18.5 Å². The van der Waals surface area contributed by atoms with Crippen molar-refractivity contribution in [2.24, 2.45) is 0 Å². The van der Waals surface area contributed by atoms with E-state index in [1.807, 2.05) is 6.07 Å². The molecule has 1 aliphatic heterocycles. The van der Waals surface area contributed by atoms with Crippen molar-refractivity contribution in [1.82, 2.24) is 15.3 Å². The molecule has 6 rings (SSSR count). The number of amides is 1. The molecular formula is C27H19N3O7. The molecule has 184 valence electrons. The van der Waals surface area contributed by atoms with Crippen LogP contribution in [-0.2, 0) is 16.1 Å². The second kappa shape index (κ2) is 9.50. The number of rotatable bonds is 7. The summed E-state index contributed by atoms with van der Waals surface area (Å²) in [5.41, 5.74) is 3.07.